The fourth-order valence-corrected chi connectivity index (χ4v) is 4.46. The number of aryl methyl sites for hydroxylation is 1. The van der Waals surface area contributed by atoms with E-state index in [9.17, 15) is 0 Å². The summed E-state index contributed by atoms with van der Waals surface area (Å²) in [4.78, 5) is 0. The largest absolute Gasteiger partial charge is 0.496 e. The lowest BCUT2D eigenvalue weighted by atomic mass is 9.89. The Morgan fingerprint density at radius 1 is 1.42 bits per heavy atom. The Hall–Kier alpha value is -0.670. The van der Waals surface area contributed by atoms with Crippen molar-refractivity contribution in [2.24, 2.45) is 5.92 Å². The Morgan fingerprint density at radius 3 is 2.74 bits per heavy atom. The zero-order valence-corrected chi connectivity index (χ0v) is 13.4. The van der Waals surface area contributed by atoms with E-state index < -0.39 is 0 Å². The molecular formula is C16H25NOS. The van der Waals surface area contributed by atoms with Gasteiger partial charge in [-0.2, -0.15) is 11.8 Å². The van der Waals surface area contributed by atoms with Crippen LogP contribution in [0.4, 0.5) is 0 Å². The highest BCUT2D eigenvalue weighted by molar-refractivity contribution is 7.99. The van der Waals surface area contributed by atoms with Crippen molar-refractivity contribution in [2.45, 2.75) is 44.7 Å². The Balaban J connectivity index is 2.49. The monoisotopic (exact) mass is 279 g/mol. The Labute approximate surface area is 121 Å². The van der Waals surface area contributed by atoms with Crippen molar-refractivity contribution in [3.8, 4) is 5.75 Å². The molecule has 2 nitrogen and oxygen atoms in total. The number of hydrogen-bond donors (Lipinski definition) is 1. The second-order valence-corrected chi connectivity index (χ2v) is 6.70. The van der Waals surface area contributed by atoms with Crippen LogP contribution < -0.4 is 10.1 Å². The average Bonchev–Trinajstić information content (AvgIpc) is 2.39. The predicted molar refractivity (Wildman–Crippen MR) is 84.1 cm³/mol. The van der Waals surface area contributed by atoms with Gasteiger partial charge in [0, 0.05) is 22.6 Å². The zero-order chi connectivity index (χ0) is 14.0. The third-order valence-corrected chi connectivity index (χ3v) is 5.55. The predicted octanol–water partition coefficient (Wildman–Crippen LogP) is 3.93. The quantitative estimate of drug-likeness (QED) is 0.902. The molecular weight excluding hydrogens is 254 g/mol. The second-order valence-electron chi connectivity index (χ2n) is 5.53. The SMILES string of the molecule is CCNC1c2c(C)ccc(OC)c2CSC1C(C)C. The molecule has 1 heterocycles. The number of benzene rings is 1. The summed E-state index contributed by atoms with van der Waals surface area (Å²) < 4.78 is 5.55. The molecule has 0 radical (unpaired) electrons. The van der Waals surface area contributed by atoms with E-state index in [1.807, 2.05) is 0 Å². The number of ether oxygens (including phenoxy) is 1. The van der Waals surface area contributed by atoms with Crippen LogP contribution in [0.1, 0.15) is 43.5 Å². The smallest absolute Gasteiger partial charge is 0.123 e. The first-order valence-corrected chi connectivity index (χ1v) is 8.16. The van der Waals surface area contributed by atoms with E-state index in [0.717, 1.165) is 18.0 Å². The second kappa shape index (κ2) is 6.19. The van der Waals surface area contributed by atoms with Crippen LogP contribution in [-0.2, 0) is 5.75 Å². The van der Waals surface area contributed by atoms with Gasteiger partial charge >= 0.3 is 0 Å². The molecule has 0 aromatic heterocycles. The van der Waals surface area contributed by atoms with E-state index in [4.69, 9.17) is 4.74 Å². The molecule has 0 spiro atoms. The van der Waals surface area contributed by atoms with E-state index in [0.29, 0.717) is 17.2 Å². The van der Waals surface area contributed by atoms with Gasteiger partial charge in [0.2, 0.25) is 0 Å². The van der Waals surface area contributed by atoms with E-state index in [1.165, 1.54) is 16.7 Å². The number of hydrogen-bond acceptors (Lipinski definition) is 3. The molecule has 2 atom stereocenters. The third-order valence-electron chi connectivity index (χ3n) is 3.89. The van der Waals surface area contributed by atoms with Crippen molar-refractivity contribution in [1.82, 2.24) is 5.32 Å². The lowest BCUT2D eigenvalue weighted by Gasteiger charge is -2.37. The normalized spacial score (nSPS) is 22.4. The summed E-state index contributed by atoms with van der Waals surface area (Å²) >= 11 is 2.06. The molecule has 0 saturated heterocycles. The number of nitrogens with one attached hydrogen (secondary N) is 1. The highest BCUT2D eigenvalue weighted by Gasteiger charge is 2.34. The number of thioether (sulfide) groups is 1. The molecule has 1 aromatic rings. The first kappa shape index (κ1) is 14.7. The highest BCUT2D eigenvalue weighted by atomic mass is 32.2. The van der Waals surface area contributed by atoms with E-state index >= 15 is 0 Å². The Bertz CT molecular complexity index is 445. The fourth-order valence-electron chi connectivity index (χ4n) is 2.99. The van der Waals surface area contributed by atoms with Crippen molar-refractivity contribution < 1.29 is 4.74 Å². The summed E-state index contributed by atoms with van der Waals surface area (Å²) in [5.74, 6) is 2.77. The molecule has 0 aliphatic carbocycles. The average molecular weight is 279 g/mol. The van der Waals surface area contributed by atoms with Crippen molar-refractivity contribution in [2.75, 3.05) is 13.7 Å². The van der Waals surface area contributed by atoms with Crippen LogP contribution in [0.3, 0.4) is 0 Å². The van der Waals surface area contributed by atoms with Gasteiger partial charge in [0.05, 0.1) is 7.11 Å². The maximum absolute atomic E-state index is 5.55. The minimum Gasteiger partial charge on any atom is -0.496 e. The van der Waals surface area contributed by atoms with Gasteiger partial charge in [0.15, 0.2) is 0 Å². The number of methoxy groups -OCH3 is 1. The molecule has 0 amide bonds. The van der Waals surface area contributed by atoms with Crippen LogP contribution >= 0.6 is 11.8 Å². The van der Waals surface area contributed by atoms with Crippen LogP contribution in [0.25, 0.3) is 0 Å². The summed E-state index contributed by atoms with van der Waals surface area (Å²) in [5.41, 5.74) is 4.24. The van der Waals surface area contributed by atoms with E-state index in [1.54, 1.807) is 7.11 Å². The van der Waals surface area contributed by atoms with Crippen molar-refractivity contribution in [3.05, 3.63) is 28.8 Å². The summed E-state index contributed by atoms with van der Waals surface area (Å²) in [6, 6.07) is 4.73. The van der Waals surface area contributed by atoms with E-state index in [-0.39, 0.29) is 0 Å². The van der Waals surface area contributed by atoms with E-state index in [2.05, 4.69) is 56.9 Å². The van der Waals surface area contributed by atoms with Gasteiger partial charge in [-0.15, -0.1) is 0 Å². The highest BCUT2D eigenvalue weighted by Crippen LogP contribution is 2.45. The van der Waals surface area contributed by atoms with Crippen molar-refractivity contribution in [1.29, 1.82) is 0 Å². The van der Waals surface area contributed by atoms with Crippen LogP contribution in [0.15, 0.2) is 12.1 Å². The minimum absolute atomic E-state index is 0.439. The lowest BCUT2D eigenvalue weighted by Crippen LogP contribution is -2.37. The Morgan fingerprint density at radius 2 is 2.16 bits per heavy atom. The number of rotatable bonds is 4. The summed E-state index contributed by atoms with van der Waals surface area (Å²) in [7, 11) is 1.77. The summed E-state index contributed by atoms with van der Waals surface area (Å²) in [5, 5.41) is 4.33. The van der Waals surface area contributed by atoms with Crippen LogP contribution in [-0.4, -0.2) is 18.9 Å². The molecule has 1 aliphatic rings. The lowest BCUT2D eigenvalue weighted by molar-refractivity contribution is 0.402. The first-order chi connectivity index (χ1) is 9.10. The third kappa shape index (κ3) is 2.77. The molecule has 3 heteroatoms. The molecule has 1 N–H and O–H groups in total. The van der Waals surface area contributed by atoms with Gasteiger partial charge in [-0.3, -0.25) is 0 Å². The van der Waals surface area contributed by atoms with Gasteiger partial charge in [-0.05, 0) is 36.6 Å². The first-order valence-electron chi connectivity index (χ1n) is 7.11. The maximum Gasteiger partial charge on any atom is 0.123 e. The molecule has 1 aliphatic heterocycles. The molecule has 0 bridgehead atoms. The van der Waals surface area contributed by atoms with Crippen molar-refractivity contribution in [3.63, 3.8) is 0 Å². The minimum atomic E-state index is 0.439. The molecule has 2 rings (SSSR count). The Kier molecular flexibility index (Phi) is 4.80. The van der Waals surface area contributed by atoms with Crippen molar-refractivity contribution >= 4 is 11.8 Å². The maximum atomic E-state index is 5.55. The molecule has 106 valence electrons. The van der Waals surface area contributed by atoms with Gasteiger partial charge in [0.1, 0.15) is 5.75 Å². The van der Waals surface area contributed by atoms with Crippen LogP contribution in [0.5, 0.6) is 5.75 Å². The van der Waals surface area contributed by atoms with Gasteiger partial charge in [-0.1, -0.05) is 26.8 Å². The molecule has 19 heavy (non-hydrogen) atoms. The fraction of sp³-hybridized carbons (Fsp3) is 0.625. The van der Waals surface area contributed by atoms with Gasteiger partial charge in [-0.25, -0.2) is 0 Å². The molecule has 0 saturated carbocycles. The van der Waals surface area contributed by atoms with Gasteiger partial charge < -0.3 is 10.1 Å². The summed E-state index contributed by atoms with van der Waals surface area (Å²) in [6.45, 7) is 10.1. The van der Waals surface area contributed by atoms with Crippen LogP contribution in [0, 0.1) is 12.8 Å². The molecule has 2 unspecified atom stereocenters. The number of fused-ring (bicyclic) bond motifs is 1. The van der Waals surface area contributed by atoms with Crippen LogP contribution in [0.2, 0.25) is 0 Å². The standard InChI is InChI=1S/C16H25NOS/c1-6-17-15-14-11(4)7-8-13(18-5)12(14)9-19-16(15)10(2)3/h7-8,10,15-17H,6,9H2,1-5H3. The molecule has 0 fully saturated rings. The van der Waals surface area contributed by atoms with Gasteiger partial charge in [0.25, 0.3) is 0 Å². The topological polar surface area (TPSA) is 21.3 Å². The molecule has 1 aromatic carbocycles. The zero-order valence-electron chi connectivity index (χ0n) is 12.6. The summed E-state index contributed by atoms with van der Waals surface area (Å²) in [6.07, 6.45) is 0.